The van der Waals surface area contributed by atoms with Crippen LogP contribution in [0.25, 0.3) is 11.0 Å². The molecule has 3 aromatic rings. The molecule has 6 rings (SSSR count). The molecule has 3 aliphatic rings. The van der Waals surface area contributed by atoms with Gasteiger partial charge in [-0.15, -0.1) is 0 Å². The Kier molecular flexibility index (Phi) is 5.38. The molecule has 0 spiro atoms. The molecule has 3 amide bonds. The molecule has 2 saturated heterocycles. The normalized spacial score (nSPS) is 22.2. The first kappa shape index (κ1) is 22.8. The van der Waals surface area contributed by atoms with Crippen LogP contribution in [0.1, 0.15) is 53.0 Å². The zero-order valence-corrected chi connectivity index (χ0v) is 20.1. The number of carbonyl (C=O) groups is 3. The lowest BCUT2D eigenvalue weighted by atomic mass is 9.87. The summed E-state index contributed by atoms with van der Waals surface area (Å²) in [6.45, 7) is 2.44. The van der Waals surface area contributed by atoms with Crippen LogP contribution in [0.3, 0.4) is 0 Å². The van der Waals surface area contributed by atoms with Gasteiger partial charge in [-0.1, -0.05) is 6.07 Å². The molecule has 2 N–H and O–H groups in total. The van der Waals surface area contributed by atoms with Crippen LogP contribution in [0.15, 0.2) is 36.7 Å². The van der Waals surface area contributed by atoms with E-state index < -0.39 is 17.6 Å². The molecule has 10 heteroatoms. The van der Waals surface area contributed by atoms with Gasteiger partial charge in [-0.3, -0.25) is 29.6 Å². The number of pyridine rings is 1. The van der Waals surface area contributed by atoms with Crippen molar-refractivity contribution in [2.24, 2.45) is 7.05 Å². The number of aryl methyl sites for hydroxylation is 1. The van der Waals surface area contributed by atoms with Crippen molar-refractivity contribution in [2.75, 3.05) is 13.1 Å². The molecule has 3 aliphatic heterocycles. The highest BCUT2D eigenvalue weighted by Gasteiger charge is 2.41. The van der Waals surface area contributed by atoms with Crippen molar-refractivity contribution in [3.63, 3.8) is 0 Å². The maximum absolute atomic E-state index is 12.9. The lowest BCUT2D eigenvalue weighted by molar-refractivity contribution is -0.136. The van der Waals surface area contributed by atoms with Gasteiger partial charge in [0.15, 0.2) is 0 Å². The Hall–Kier alpha value is -3.63. The summed E-state index contributed by atoms with van der Waals surface area (Å²) in [7, 11) is 1.99. The van der Waals surface area contributed by atoms with Crippen molar-refractivity contribution >= 4 is 28.8 Å². The summed E-state index contributed by atoms with van der Waals surface area (Å²) in [6.07, 6.45) is 3.41. The van der Waals surface area contributed by atoms with E-state index in [0.29, 0.717) is 36.2 Å². The Morgan fingerprint density at radius 3 is 2.72 bits per heavy atom. The molecule has 1 unspecified atom stereocenters. The molecular weight excluding hydrogens is 460 g/mol. The van der Waals surface area contributed by atoms with E-state index in [4.69, 9.17) is 4.98 Å². The first-order valence-corrected chi connectivity index (χ1v) is 12.3. The van der Waals surface area contributed by atoms with Gasteiger partial charge < -0.3 is 14.6 Å². The van der Waals surface area contributed by atoms with Gasteiger partial charge in [-0.05, 0) is 49.1 Å². The van der Waals surface area contributed by atoms with Crippen molar-refractivity contribution in [1.82, 2.24) is 29.7 Å². The minimum absolute atomic E-state index is 0.201. The van der Waals surface area contributed by atoms with E-state index in [1.165, 1.54) is 10.5 Å². The van der Waals surface area contributed by atoms with E-state index in [1.54, 1.807) is 12.1 Å². The van der Waals surface area contributed by atoms with E-state index in [0.717, 1.165) is 30.7 Å². The number of carbonyl (C=O) groups excluding carboxylic acids is 3. The summed E-state index contributed by atoms with van der Waals surface area (Å²) in [6, 6.07) is 9.07. The standard InChI is InChI=1S/C26H28N6O4/c1-30-15-27-18-4-2-16(12-21(18)30)13-31-10-8-26(36,9-11-31)22-6-3-17-19(28-22)14-32(25(17)35)20-5-7-23(33)29-24(20)34/h2-4,6,12,15,20,36H,5,7-11,13-14H2,1H3,(H,29,33,34). The topological polar surface area (TPSA) is 121 Å². The van der Waals surface area contributed by atoms with Crippen LogP contribution in [-0.4, -0.2) is 66.3 Å². The number of benzene rings is 1. The van der Waals surface area contributed by atoms with Crippen molar-refractivity contribution in [3.8, 4) is 0 Å². The van der Waals surface area contributed by atoms with Crippen LogP contribution in [-0.2, 0) is 35.3 Å². The molecule has 2 fully saturated rings. The minimum Gasteiger partial charge on any atom is -0.383 e. The van der Waals surface area contributed by atoms with Crippen molar-refractivity contribution in [1.29, 1.82) is 0 Å². The largest absolute Gasteiger partial charge is 0.383 e. The quantitative estimate of drug-likeness (QED) is 0.530. The second-order valence-electron chi connectivity index (χ2n) is 10.1. The highest BCUT2D eigenvalue weighted by molar-refractivity contribution is 6.05. The number of rotatable bonds is 4. The minimum atomic E-state index is -1.07. The van der Waals surface area contributed by atoms with Gasteiger partial charge in [0.05, 0.1) is 40.9 Å². The predicted octanol–water partition coefficient (Wildman–Crippen LogP) is 1.21. The third-order valence-corrected chi connectivity index (χ3v) is 7.73. The van der Waals surface area contributed by atoms with Gasteiger partial charge in [0.25, 0.3) is 5.91 Å². The average Bonchev–Trinajstić information content (AvgIpc) is 3.40. The number of hydrogen-bond acceptors (Lipinski definition) is 7. The summed E-state index contributed by atoms with van der Waals surface area (Å²) in [5.74, 6) is -1.01. The highest BCUT2D eigenvalue weighted by atomic mass is 16.3. The number of nitrogens with zero attached hydrogens (tertiary/aromatic N) is 5. The number of aromatic nitrogens is 3. The molecule has 5 heterocycles. The SMILES string of the molecule is Cn1cnc2ccc(CN3CCC(O)(c4ccc5c(n4)CN(C4CCC(=O)NC4=O)C5=O)CC3)cc21. The number of nitrogens with one attached hydrogen (secondary N) is 1. The van der Waals surface area contributed by atoms with E-state index in [2.05, 4.69) is 27.3 Å². The smallest absolute Gasteiger partial charge is 0.256 e. The molecular formula is C26H28N6O4. The number of piperidine rings is 2. The lowest BCUT2D eigenvalue weighted by Crippen LogP contribution is -2.52. The van der Waals surface area contributed by atoms with Crippen LogP contribution in [0.4, 0.5) is 0 Å². The van der Waals surface area contributed by atoms with Gasteiger partial charge in [-0.25, -0.2) is 4.98 Å². The second-order valence-corrected chi connectivity index (χ2v) is 10.1. The Morgan fingerprint density at radius 2 is 1.94 bits per heavy atom. The first-order valence-electron chi connectivity index (χ1n) is 12.3. The Morgan fingerprint density at radius 1 is 1.14 bits per heavy atom. The fourth-order valence-corrected chi connectivity index (χ4v) is 5.56. The number of imidazole rings is 1. The van der Waals surface area contributed by atoms with Crippen LogP contribution >= 0.6 is 0 Å². The third kappa shape index (κ3) is 3.86. The number of likely N-dealkylation sites (tertiary alicyclic amines) is 1. The van der Waals surface area contributed by atoms with Crippen molar-refractivity contribution in [2.45, 2.75) is 50.4 Å². The van der Waals surface area contributed by atoms with E-state index in [1.807, 2.05) is 24.0 Å². The van der Waals surface area contributed by atoms with E-state index in [9.17, 15) is 19.5 Å². The summed E-state index contributed by atoms with van der Waals surface area (Å²) in [5.41, 5.74) is 3.81. The van der Waals surface area contributed by atoms with Crippen molar-refractivity contribution in [3.05, 3.63) is 59.2 Å². The summed E-state index contributed by atoms with van der Waals surface area (Å²) < 4.78 is 2.01. The Balaban J connectivity index is 1.13. The number of fused-ring (bicyclic) bond motifs is 2. The molecule has 0 bridgehead atoms. The number of imide groups is 1. The Bertz CT molecular complexity index is 1390. The fourth-order valence-electron chi connectivity index (χ4n) is 5.56. The molecule has 0 saturated carbocycles. The second kappa shape index (κ2) is 8.49. The van der Waals surface area contributed by atoms with Gasteiger partial charge in [0.2, 0.25) is 11.8 Å². The first-order chi connectivity index (χ1) is 17.3. The van der Waals surface area contributed by atoms with Gasteiger partial charge >= 0.3 is 0 Å². The maximum Gasteiger partial charge on any atom is 0.256 e. The molecule has 186 valence electrons. The van der Waals surface area contributed by atoms with E-state index in [-0.39, 0.29) is 24.8 Å². The molecule has 0 aliphatic carbocycles. The monoisotopic (exact) mass is 488 g/mol. The Labute approximate surface area is 207 Å². The summed E-state index contributed by atoms with van der Waals surface area (Å²) in [4.78, 5) is 49.6. The summed E-state index contributed by atoms with van der Waals surface area (Å²) >= 11 is 0. The summed E-state index contributed by atoms with van der Waals surface area (Å²) in [5, 5.41) is 13.8. The predicted molar refractivity (Wildman–Crippen MR) is 129 cm³/mol. The van der Waals surface area contributed by atoms with Gasteiger partial charge in [0.1, 0.15) is 11.6 Å². The van der Waals surface area contributed by atoms with Crippen molar-refractivity contribution < 1.29 is 19.5 Å². The molecule has 0 radical (unpaired) electrons. The van der Waals surface area contributed by atoms with Crippen LogP contribution < -0.4 is 5.32 Å². The molecule has 2 aromatic heterocycles. The third-order valence-electron chi connectivity index (χ3n) is 7.73. The number of amides is 3. The van der Waals surface area contributed by atoms with Crippen LogP contribution in [0.5, 0.6) is 0 Å². The molecule has 10 nitrogen and oxygen atoms in total. The maximum atomic E-state index is 12.9. The van der Waals surface area contributed by atoms with Gasteiger partial charge in [-0.2, -0.15) is 0 Å². The van der Waals surface area contributed by atoms with Gasteiger partial charge in [0, 0.05) is 33.1 Å². The fraction of sp³-hybridized carbons (Fsp3) is 0.423. The molecule has 1 aromatic carbocycles. The van der Waals surface area contributed by atoms with Crippen LogP contribution in [0.2, 0.25) is 0 Å². The number of aliphatic hydroxyl groups is 1. The zero-order chi connectivity index (χ0) is 25.0. The average molecular weight is 489 g/mol. The lowest BCUT2D eigenvalue weighted by Gasteiger charge is -2.38. The van der Waals surface area contributed by atoms with Crippen LogP contribution in [0, 0.1) is 0 Å². The molecule has 1 atom stereocenters. The van der Waals surface area contributed by atoms with E-state index >= 15 is 0 Å². The molecule has 36 heavy (non-hydrogen) atoms. The zero-order valence-electron chi connectivity index (χ0n) is 20.1. The highest BCUT2D eigenvalue weighted by Crippen LogP contribution is 2.35. The number of hydrogen-bond donors (Lipinski definition) is 2.